The molecule has 0 radical (unpaired) electrons. The van der Waals surface area contributed by atoms with E-state index in [1.165, 1.54) is 0 Å². The van der Waals surface area contributed by atoms with Crippen LogP contribution in [0.25, 0.3) is 0 Å². The van der Waals surface area contributed by atoms with Gasteiger partial charge in [0.1, 0.15) is 12.1 Å². The molecular weight excluding hydrogens is 404 g/mol. The van der Waals surface area contributed by atoms with Gasteiger partial charge in [0.05, 0.1) is 6.26 Å². The molecule has 0 aromatic heterocycles. The van der Waals surface area contributed by atoms with E-state index < -0.39 is 22.1 Å². The van der Waals surface area contributed by atoms with Gasteiger partial charge in [-0.1, -0.05) is 30.3 Å². The summed E-state index contributed by atoms with van der Waals surface area (Å²) in [4.78, 5) is 27.6. The number of piperidine rings is 1. The van der Waals surface area contributed by atoms with Crippen molar-refractivity contribution in [3.63, 3.8) is 0 Å². The summed E-state index contributed by atoms with van der Waals surface area (Å²) in [5, 5.41) is 6.33. The molecule has 9 heteroatoms. The van der Waals surface area contributed by atoms with E-state index in [9.17, 15) is 18.0 Å². The van der Waals surface area contributed by atoms with Gasteiger partial charge in [-0.25, -0.2) is 13.1 Å². The lowest BCUT2D eigenvalue weighted by Gasteiger charge is -2.29. The first-order valence-corrected chi connectivity index (χ1v) is 12.5. The Morgan fingerprint density at radius 3 is 2.53 bits per heavy atom. The third kappa shape index (κ3) is 6.52. The molecule has 2 amide bonds. The van der Waals surface area contributed by atoms with Crippen molar-refractivity contribution < 1.29 is 18.0 Å². The van der Waals surface area contributed by atoms with Crippen LogP contribution in [0.5, 0.6) is 0 Å². The maximum absolute atomic E-state index is 13.3. The van der Waals surface area contributed by atoms with E-state index in [0.29, 0.717) is 25.4 Å². The highest BCUT2D eigenvalue weighted by Gasteiger charge is 2.38. The average Bonchev–Trinajstić information content (AvgIpc) is 3.21. The molecule has 3 rings (SSSR count). The van der Waals surface area contributed by atoms with Crippen molar-refractivity contribution in [3.8, 4) is 0 Å². The minimum Gasteiger partial charge on any atom is -0.354 e. The Bertz CT molecular complexity index is 825. The van der Waals surface area contributed by atoms with E-state index in [2.05, 4.69) is 15.4 Å². The van der Waals surface area contributed by atoms with Crippen LogP contribution in [0, 0.1) is 5.92 Å². The predicted molar refractivity (Wildman–Crippen MR) is 115 cm³/mol. The summed E-state index contributed by atoms with van der Waals surface area (Å²) < 4.78 is 26.2. The summed E-state index contributed by atoms with van der Waals surface area (Å²) in [5.41, 5.74) is 0.859. The number of likely N-dealkylation sites (tertiary alicyclic amines) is 1. The molecule has 0 saturated carbocycles. The fraction of sp³-hybridized carbons (Fsp3) is 0.619. The van der Waals surface area contributed by atoms with E-state index in [1.54, 1.807) is 4.90 Å². The SMILES string of the molecule is CS(=O)(=O)N[C@H](Cc1ccccc1)C(=O)N1CCC[C@H]1C(=O)NCC1CCNCC1. The number of sulfonamides is 1. The Labute approximate surface area is 178 Å². The molecule has 3 N–H and O–H groups in total. The highest BCUT2D eigenvalue weighted by Crippen LogP contribution is 2.20. The van der Waals surface area contributed by atoms with Gasteiger partial charge in [0, 0.05) is 13.1 Å². The monoisotopic (exact) mass is 436 g/mol. The molecule has 1 aromatic rings. The molecule has 1 aromatic carbocycles. The average molecular weight is 437 g/mol. The van der Waals surface area contributed by atoms with Crippen LogP contribution >= 0.6 is 0 Å². The molecule has 2 fully saturated rings. The maximum atomic E-state index is 13.3. The van der Waals surface area contributed by atoms with Gasteiger partial charge in [-0.3, -0.25) is 9.59 Å². The molecule has 30 heavy (non-hydrogen) atoms. The van der Waals surface area contributed by atoms with Gasteiger partial charge in [0.25, 0.3) is 0 Å². The van der Waals surface area contributed by atoms with E-state index in [4.69, 9.17) is 0 Å². The highest BCUT2D eigenvalue weighted by molar-refractivity contribution is 7.88. The molecule has 0 bridgehead atoms. The number of nitrogens with one attached hydrogen (secondary N) is 3. The van der Waals surface area contributed by atoms with Crippen LogP contribution in [0.2, 0.25) is 0 Å². The van der Waals surface area contributed by atoms with Gasteiger partial charge in [-0.15, -0.1) is 0 Å². The number of benzene rings is 1. The second-order valence-electron chi connectivity index (χ2n) is 8.26. The van der Waals surface area contributed by atoms with Crippen molar-refractivity contribution in [2.45, 2.75) is 44.2 Å². The molecule has 8 nitrogen and oxygen atoms in total. The Balaban J connectivity index is 1.66. The van der Waals surface area contributed by atoms with E-state index in [-0.39, 0.29) is 18.2 Å². The second kappa shape index (κ2) is 10.4. The molecule has 2 atom stereocenters. The van der Waals surface area contributed by atoms with Crippen LogP contribution in [0.4, 0.5) is 0 Å². The molecule has 2 aliphatic rings. The number of rotatable bonds is 8. The summed E-state index contributed by atoms with van der Waals surface area (Å²) in [6.07, 6.45) is 4.68. The van der Waals surface area contributed by atoms with Crippen molar-refractivity contribution in [1.29, 1.82) is 0 Å². The number of carbonyl (C=O) groups is 2. The standard InChI is InChI=1S/C21H32N4O4S/c1-30(28,29)24-18(14-16-6-3-2-4-7-16)21(27)25-13-5-8-19(25)20(26)23-15-17-9-11-22-12-10-17/h2-4,6-7,17-19,22,24H,5,8-15H2,1H3,(H,23,26)/t18-,19+/m1/s1. The van der Waals surface area contributed by atoms with Crippen molar-refractivity contribution in [1.82, 2.24) is 20.3 Å². The minimum atomic E-state index is -3.58. The van der Waals surface area contributed by atoms with Crippen molar-refractivity contribution in [2.75, 3.05) is 32.4 Å². The number of hydrogen-bond donors (Lipinski definition) is 3. The largest absolute Gasteiger partial charge is 0.354 e. The zero-order valence-corrected chi connectivity index (χ0v) is 18.3. The van der Waals surface area contributed by atoms with Crippen LogP contribution in [0.15, 0.2) is 30.3 Å². The molecule has 166 valence electrons. The van der Waals surface area contributed by atoms with Crippen LogP contribution in [-0.4, -0.2) is 69.7 Å². The summed E-state index contributed by atoms with van der Waals surface area (Å²) >= 11 is 0. The zero-order valence-electron chi connectivity index (χ0n) is 17.5. The first-order valence-electron chi connectivity index (χ1n) is 10.6. The summed E-state index contributed by atoms with van der Waals surface area (Å²) in [5.74, 6) is -0.0283. The second-order valence-corrected chi connectivity index (χ2v) is 10.0. The Kier molecular flexibility index (Phi) is 7.85. The lowest BCUT2D eigenvalue weighted by Crippen LogP contribution is -2.54. The van der Waals surface area contributed by atoms with Crippen LogP contribution in [-0.2, 0) is 26.0 Å². The zero-order chi connectivity index (χ0) is 21.6. The number of nitrogens with zero attached hydrogens (tertiary/aromatic N) is 1. The summed E-state index contributed by atoms with van der Waals surface area (Å²) in [6, 6.07) is 7.82. The summed E-state index contributed by atoms with van der Waals surface area (Å²) in [6.45, 7) is 3.01. The molecule has 2 heterocycles. The van der Waals surface area contributed by atoms with Gasteiger partial charge in [-0.2, -0.15) is 0 Å². The molecule has 0 unspecified atom stereocenters. The van der Waals surface area contributed by atoms with Gasteiger partial charge in [0.15, 0.2) is 0 Å². The van der Waals surface area contributed by atoms with E-state index in [0.717, 1.165) is 44.2 Å². The quantitative estimate of drug-likeness (QED) is 0.542. The van der Waals surface area contributed by atoms with Gasteiger partial charge < -0.3 is 15.5 Å². The predicted octanol–water partition coefficient (Wildman–Crippen LogP) is 0.254. The lowest BCUT2D eigenvalue weighted by molar-refractivity contribution is -0.139. The Morgan fingerprint density at radius 2 is 1.87 bits per heavy atom. The lowest BCUT2D eigenvalue weighted by atomic mass is 9.98. The highest BCUT2D eigenvalue weighted by atomic mass is 32.2. The van der Waals surface area contributed by atoms with Gasteiger partial charge in [-0.05, 0) is 56.7 Å². The number of amides is 2. The van der Waals surface area contributed by atoms with Crippen LogP contribution in [0.1, 0.15) is 31.2 Å². The fourth-order valence-electron chi connectivity index (χ4n) is 4.24. The molecule has 2 aliphatic heterocycles. The topological polar surface area (TPSA) is 108 Å². The molecule has 0 spiro atoms. The molecule has 2 saturated heterocycles. The smallest absolute Gasteiger partial charge is 0.242 e. The van der Waals surface area contributed by atoms with E-state index >= 15 is 0 Å². The van der Waals surface area contributed by atoms with Crippen LogP contribution < -0.4 is 15.4 Å². The fourth-order valence-corrected chi connectivity index (χ4v) is 4.94. The normalized spacial score (nSPS) is 21.4. The molecule has 0 aliphatic carbocycles. The Hall–Kier alpha value is -1.97. The first-order chi connectivity index (χ1) is 14.3. The van der Waals surface area contributed by atoms with Gasteiger partial charge in [0.2, 0.25) is 21.8 Å². The van der Waals surface area contributed by atoms with Crippen molar-refractivity contribution in [2.24, 2.45) is 5.92 Å². The minimum absolute atomic E-state index is 0.141. The van der Waals surface area contributed by atoms with Crippen molar-refractivity contribution >= 4 is 21.8 Å². The maximum Gasteiger partial charge on any atom is 0.242 e. The summed E-state index contributed by atoms with van der Waals surface area (Å²) in [7, 11) is -3.58. The molecular formula is C21H32N4O4S. The first kappa shape index (κ1) is 22.7. The third-order valence-corrected chi connectivity index (χ3v) is 6.51. The Morgan fingerprint density at radius 1 is 1.17 bits per heavy atom. The van der Waals surface area contributed by atoms with Crippen molar-refractivity contribution in [3.05, 3.63) is 35.9 Å². The third-order valence-electron chi connectivity index (χ3n) is 5.80. The van der Waals surface area contributed by atoms with E-state index in [1.807, 2.05) is 30.3 Å². The number of hydrogen-bond acceptors (Lipinski definition) is 5. The van der Waals surface area contributed by atoms with Crippen LogP contribution in [0.3, 0.4) is 0 Å². The van der Waals surface area contributed by atoms with Gasteiger partial charge >= 0.3 is 0 Å². The number of carbonyl (C=O) groups excluding carboxylic acids is 2.